The van der Waals surface area contributed by atoms with Crippen molar-refractivity contribution >= 4 is 11.7 Å². The van der Waals surface area contributed by atoms with Gasteiger partial charge in [-0.25, -0.2) is 0 Å². The minimum atomic E-state index is -0.541. The Morgan fingerprint density at radius 1 is 1.23 bits per heavy atom. The first-order chi connectivity index (χ1) is 12.2. The molecule has 0 radical (unpaired) electrons. The molecule has 142 valence electrons. The Hall–Kier alpha value is -2.14. The first-order valence-corrected chi connectivity index (χ1v) is 9.09. The zero-order valence-corrected chi connectivity index (χ0v) is 16.3. The molecule has 1 heterocycles. The van der Waals surface area contributed by atoms with Gasteiger partial charge in [0.1, 0.15) is 0 Å². The topological polar surface area (TPSA) is 66.8 Å². The fourth-order valence-corrected chi connectivity index (χ4v) is 3.25. The van der Waals surface area contributed by atoms with Gasteiger partial charge in [0, 0.05) is 26.7 Å². The summed E-state index contributed by atoms with van der Waals surface area (Å²) < 4.78 is 5.07. The fourth-order valence-electron chi connectivity index (χ4n) is 3.25. The number of carbonyl (C=O) groups excluding carboxylic acids is 2. The Morgan fingerprint density at radius 3 is 2.35 bits per heavy atom. The van der Waals surface area contributed by atoms with Crippen molar-refractivity contribution in [1.82, 2.24) is 4.90 Å². The number of ketones is 1. The zero-order valence-electron chi connectivity index (χ0n) is 16.3. The van der Waals surface area contributed by atoms with Crippen LogP contribution in [0.2, 0.25) is 0 Å². The molecule has 0 saturated carbocycles. The lowest BCUT2D eigenvalue weighted by Crippen LogP contribution is -2.32. The Labute approximate surface area is 155 Å². The van der Waals surface area contributed by atoms with Gasteiger partial charge in [0.15, 0.2) is 11.5 Å². The summed E-state index contributed by atoms with van der Waals surface area (Å²) >= 11 is 0. The molecule has 0 aromatic heterocycles. The average molecular weight is 359 g/mol. The maximum atomic E-state index is 12.6. The van der Waals surface area contributed by atoms with Crippen LogP contribution in [0.15, 0.2) is 35.6 Å². The molecule has 0 saturated heterocycles. The van der Waals surface area contributed by atoms with Crippen molar-refractivity contribution in [2.75, 3.05) is 20.3 Å². The van der Waals surface area contributed by atoms with Gasteiger partial charge in [-0.15, -0.1) is 0 Å². The highest BCUT2D eigenvalue weighted by atomic mass is 16.5. The molecule has 5 heteroatoms. The van der Waals surface area contributed by atoms with Gasteiger partial charge in [0.2, 0.25) is 0 Å². The highest BCUT2D eigenvalue weighted by molar-refractivity contribution is 6.08. The number of methoxy groups -OCH3 is 1. The van der Waals surface area contributed by atoms with Crippen LogP contribution >= 0.6 is 0 Å². The van der Waals surface area contributed by atoms with Crippen molar-refractivity contribution in [3.05, 3.63) is 46.7 Å². The number of ether oxygens (including phenoxy) is 1. The van der Waals surface area contributed by atoms with Crippen molar-refractivity contribution in [2.24, 2.45) is 0 Å². The van der Waals surface area contributed by atoms with E-state index in [1.165, 1.54) is 5.56 Å². The molecule has 0 aliphatic carbocycles. The molecule has 1 amide bonds. The largest absolute Gasteiger partial charge is 0.503 e. The molecule has 1 unspecified atom stereocenters. The molecule has 0 bridgehead atoms. The number of rotatable bonds is 7. The van der Waals surface area contributed by atoms with Crippen molar-refractivity contribution in [3.63, 3.8) is 0 Å². The molecule has 26 heavy (non-hydrogen) atoms. The van der Waals surface area contributed by atoms with Crippen LogP contribution in [0.1, 0.15) is 57.7 Å². The quantitative estimate of drug-likeness (QED) is 0.754. The van der Waals surface area contributed by atoms with Crippen LogP contribution in [0.3, 0.4) is 0 Å². The number of hydrogen-bond donors (Lipinski definition) is 1. The third-order valence-electron chi connectivity index (χ3n) is 4.77. The van der Waals surface area contributed by atoms with E-state index >= 15 is 0 Å². The van der Waals surface area contributed by atoms with Gasteiger partial charge in [-0.3, -0.25) is 9.59 Å². The number of hydrogen-bond acceptors (Lipinski definition) is 4. The van der Waals surface area contributed by atoms with E-state index < -0.39 is 17.7 Å². The molecular formula is C21H29NO4. The first kappa shape index (κ1) is 20.2. The molecule has 1 N–H and O–H groups in total. The van der Waals surface area contributed by atoms with Crippen molar-refractivity contribution < 1.29 is 19.4 Å². The fraction of sp³-hybridized carbons (Fsp3) is 0.524. The van der Waals surface area contributed by atoms with Gasteiger partial charge < -0.3 is 14.7 Å². The summed E-state index contributed by atoms with van der Waals surface area (Å²) in [5, 5.41) is 10.3. The Balaban J connectivity index is 2.43. The minimum Gasteiger partial charge on any atom is -0.503 e. The second kappa shape index (κ2) is 8.04. The molecule has 1 atom stereocenters. The zero-order chi connectivity index (χ0) is 19.5. The summed E-state index contributed by atoms with van der Waals surface area (Å²) in [5.74, 6) is -1.10. The average Bonchev–Trinajstić information content (AvgIpc) is 2.85. The molecule has 1 aromatic rings. The van der Waals surface area contributed by atoms with E-state index in [0.717, 1.165) is 5.56 Å². The number of benzene rings is 1. The molecule has 1 aliphatic heterocycles. The molecule has 1 aliphatic rings. The van der Waals surface area contributed by atoms with Gasteiger partial charge in [-0.05, 0) is 23.0 Å². The van der Waals surface area contributed by atoms with Crippen molar-refractivity contribution in [3.8, 4) is 0 Å². The van der Waals surface area contributed by atoms with E-state index in [2.05, 4.69) is 20.8 Å². The second-order valence-corrected chi connectivity index (χ2v) is 7.66. The van der Waals surface area contributed by atoms with E-state index in [1.807, 2.05) is 24.3 Å². The van der Waals surface area contributed by atoms with Crippen molar-refractivity contribution in [2.45, 2.75) is 52.0 Å². The SMILES string of the molecule is CCC(=O)C1=C(O)C(=O)N(CCCOC)C1c1ccc(C(C)(C)C)cc1. The molecule has 1 aromatic carbocycles. The van der Waals surface area contributed by atoms with Crippen LogP contribution in [-0.2, 0) is 19.7 Å². The molecule has 0 spiro atoms. The molecular weight excluding hydrogens is 330 g/mol. The van der Waals surface area contributed by atoms with E-state index in [4.69, 9.17) is 4.74 Å². The summed E-state index contributed by atoms with van der Waals surface area (Å²) in [6, 6.07) is 7.40. The number of amides is 1. The predicted octanol–water partition coefficient (Wildman–Crippen LogP) is 3.70. The third kappa shape index (κ3) is 3.98. The van der Waals surface area contributed by atoms with Gasteiger partial charge in [-0.1, -0.05) is 52.0 Å². The smallest absolute Gasteiger partial charge is 0.290 e. The Kier molecular flexibility index (Phi) is 6.24. The number of carbonyl (C=O) groups is 2. The molecule has 0 fully saturated rings. The predicted molar refractivity (Wildman–Crippen MR) is 101 cm³/mol. The van der Waals surface area contributed by atoms with Crippen molar-refractivity contribution in [1.29, 1.82) is 0 Å². The van der Waals surface area contributed by atoms with Gasteiger partial charge in [0.05, 0.1) is 11.6 Å². The van der Waals surface area contributed by atoms with Gasteiger partial charge in [0.25, 0.3) is 5.91 Å². The molecule has 2 rings (SSSR count). The Bertz CT molecular complexity index is 698. The first-order valence-electron chi connectivity index (χ1n) is 9.09. The normalized spacial score (nSPS) is 18.0. The van der Waals surface area contributed by atoms with E-state index in [9.17, 15) is 14.7 Å². The van der Waals surface area contributed by atoms with Crippen LogP contribution in [0.25, 0.3) is 0 Å². The second-order valence-electron chi connectivity index (χ2n) is 7.66. The lowest BCUT2D eigenvalue weighted by molar-refractivity contribution is -0.129. The maximum Gasteiger partial charge on any atom is 0.290 e. The van der Waals surface area contributed by atoms with E-state index in [0.29, 0.717) is 19.6 Å². The monoisotopic (exact) mass is 359 g/mol. The molecule has 5 nitrogen and oxygen atoms in total. The van der Waals surface area contributed by atoms with Crippen LogP contribution < -0.4 is 0 Å². The lowest BCUT2D eigenvalue weighted by Gasteiger charge is -2.27. The lowest BCUT2D eigenvalue weighted by atomic mass is 9.85. The van der Waals surface area contributed by atoms with Crippen LogP contribution in [0.4, 0.5) is 0 Å². The highest BCUT2D eigenvalue weighted by Gasteiger charge is 2.42. The van der Waals surface area contributed by atoms with E-state index in [-0.39, 0.29) is 23.2 Å². The van der Waals surface area contributed by atoms with Gasteiger partial charge in [-0.2, -0.15) is 0 Å². The Morgan fingerprint density at radius 2 is 1.85 bits per heavy atom. The minimum absolute atomic E-state index is 0.0161. The summed E-state index contributed by atoms with van der Waals surface area (Å²) in [6.07, 6.45) is 0.884. The number of aliphatic hydroxyl groups excluding tert-OH is 1. The summed E-state index contributed by atoms with van der Waals surface area (Å²) in [5.41, 5.74) is 2.23. The third-order valence-corrected chi connectivity index (χ3v) is 4.77. The summed E-state index contributed by atoms with van der Waals surface area (Å²) in [6.45, 7) is 9.07. The number of Topliss-reactive ketones (excluding diaryl/α,β-unsaturated/α-hetero) is 1. The highest BCUT2D eigenvalue weighted by Crippen LogP contribution is 2.38. The van der Waals surface area contributed by atoms with Crippen LogP contribution in [0, 0.1) is 0 Å². The maximum absolute atomic E-state index is 12.6. The van der Waals surface area contributed by atoms with Crippen LogP contribution in [0.5, 0.6) is 0 Å². The number of nitrogens with zero attached hydrogens (tertiary/aromatic N) is 1. The number of aliphatic hydroxyl groups is 1. The van der Waals surface area contributed by atoms with E-state index in [1.54, 1.807) is 18.9 Å². The summed E-state index contributed by atoms with van der Waals surface area (Å²) in [4.78, 5) is 26.6. The standard InChI is InChI=1S/C21H29NO4/c1-6-16(23)17-18(14-8-10-15(11-9-14)21(2,3)4)22(12-7-13-26-5)20(25)19(17)24/h8-11,18,24H,6-7,12-13H2,1-5H3. The summed E-state index contributed by atoms with van der Waals surface area (Å²) in [7, 11) is 1.61. The van der Waals surface area contributed by atoms with Crippen LogP contribution in [-0.4, -0.2) is 42.0 Å². The van der Waals surface area contributed by atoms with Gasteiger partial charge >= 0.3 is 0 Å².